The van der Waals surface area contributed by atoms with E-state index >= 15 is 0 Å². The van der Waals surface area contributed by atoms with Gasteiger partial charge in [-0.2, -0.15) is 0 Å². The molecule has 17 heavy (non-hydrogen) atoms. The number of aliphatic imine (C=N–C) groups is 1. The predicted molar refractivity (Wildman–Crippen MR) is 72.4 cm³/mol. The van der Waals surface area contributed by atoms with E-state index in [-0.39, 0.29) is 0 Å². The number of rotatable bonds is 5. The van der Waals surface area contributed by atoms with Crippen LogP contribution >= 0.6 is 0 Å². The maximum Gasteiger partial charge on any atom is 0.191 e. The van der Waals surface area contributed by atoms with Crippen LogP contribution in [0.25, 0.3) is 0 Å². The Hall–Kier alpha value is -1.03. The number of hydrogen-bond donors (Lipinski definition) is 2. The highest BCUT2D eigenvalue weighted by Gasteiger charge is 2.03. The lowest BCUT2D eigenvalue weighted by molar-refractivity contribution is 0.153. The van der Waals surface area contributed by atoms with Crippen molar-refractivity contribution in [3.05, 3.63) is 11.6 Å². The highest BCUT2D eigenvalue weighted by molar-refractivity contribution is 5.79. The Labute approximate surface area is 105 Å². The third kappa shape index (κ3) is 6.31. The maximum atomic E-state index is 5.28. The summed E-state index contributed by atoms with van der Waals surface area (Å²) in [4.78, 5) is 4.56. The highest BCUT2D eigenvalue weighted by Crippen LogP contribution is 2.11. The zero-order chi connectivity index (χ0) is 12.5. The van der Waals surface area contributed by atoms with Crippen LogP contribution in [0.5, 0.6) is 0 Å². The van der Waals surface area contributed by atoms with Crippen LogP contribution < -0.4 is 10.6 Å². The fraction of sp³-hybridized carbons (Fsp3) is 0.769. The fourth-order valence-corrected chi connectivity index (χ4v) is 1.70. The molecular formula is C13H25N3O. The van der Waals surface area contributed by atoms with Crippen LogP contribution in [-0.4, -0.2) is 38.3 Å². The molecule has 4 heteroatoms. The zero-order valence-electron chi connectivity index (χ0n) is 11.3. The molecule has 0 unspecified atom stereocenters. The minimum absolute atomic E-state index is 0.412. The molecule has 0 fully saturated rings. The van der Waals surface area contributed by atoms with E-state index in [4.69, 9.17) is 4.74 Å². The summed E-state index contributed by atoms with van der Waals surface area (Å²) in [6.45, 7) is 9.69. The Bertz CT molecular complexity index is 272. The van der Waals surface area contributed by atoms with Crippen molar-refractivity contribution in [3.63, 3.8) is 0 Å². The van der Waals surface area contributed by atoms with Crippen molar-refractivity contribution in [1.29, 1.82) is 0 Å². The van der Waals surface area contributed by atoms with Gasteiger partial charge in [-0.15, -0.1) is 0 Å². The molecule has 2 N–H and O–H groups in total. The molecule has 1 heterocycles. The van der Waals surface area contributed by atoms with Crippen molar-refractivity contribution < 1.29 is 4.74 Å². The fourth-order valence-electron chi connectivity index (χ4n) is 1.70. The molecule has 0 aromatic carbocycles. The molecule has 0 bridgehead atoms. The van der Waals surface area contributed by atoms with Gasteiger partial charge >= 0.3 is 0 Å². The molecule has 0 aromatic heterocycles. The Balaban J connectivity index is 2.34. The second kappa shape index (κ2) is 8.12. The van der Waals surface area contributed by atoms with Gasteiger partial charge in [-0.05, 0) is 33.6 Å². The third-order valence-electron chi connectivity index (χ3n) is 2.53. The summed E-state index contributed by atoms with van der Waals surface area (Å²) in [7, 11) is 0. The van der Waals surface area contributed by atoms with Gasteiger partial charge < -0.3 is 15.4 Å². The molecule has 0 saturated carbocycles. The van der Waals surface area contributed by atoms with Crippen LogP contribution in [0.15, 0.2) is 16.6 Å². The van der Waals surface area contributed by atoms with Gasteiger partial charge in [0.05, 0.1) is 13.2 Å². The summed E-state index contributed by atoms with van der Waals surface area (Å²) >= 11 is 0. The van der Waals surface area contributed by atoms with E-state index in [1.165, 1.54) is 5.57 Å². The van der Waals surface area contributed by atoms with Crippen LogP contribution in [0.3, 0.4) is 0 Å². The predicted octanol–water partition coefficient (Wildman–Crippen LogP) is 1.69. The molecule has 0 saturated heterocycles. The minimum Gasteiger partial charge on any atom is -0.377 e. The number of nitrogens with one attached hydrogen (secondary N) is 2. The van der Waals surface area contributed by atoms with E-state index in [1.54, 1.807) is 0 Å². The summed E-state index contributed by atoms with van der Waals surface area (Å²) in [5.41, 5.74) is 1.47. The molecule has 1 aliphatic rings. The first-order chi connectivity index (χ1) is 8.22. The summed E-state index contributed by atoms with van der Waals surface area (Å²) < 4.78 is 5.28. The Morgan fingerprint density at radius 3 is 2.94 bits per heavy atom. The molecule has 0 atom stereocenters. The van der Waals surface area contributed by atoms with Crippen molar-refractivity contribution >= 4 is 5.96 Å². The van der Waals surface area contributed by atoms with Crippen LogP contribution in [0, 0.1) is 0 Å². The number of ether oxygens (including phenoxy) is 1. The quantitative estimate of drug-likeness (QED) is 0.436. The number of guanidine groups is 1. The first kappa shape index (κ1) is 14.0. The van der Waals surface area contributed by atoms with E-state index in [1.807, 2.05) is 0 Å². The van der Waals surface area contributed by atoms with E-state index in [0.717, 1.165) is 45.1 Å². The maximum absolute atomic E-state index is 5.28. The molecule has 98 valence electrons. The molecule has 0 radical (unpaired) electrons. The molecule has 1 aliphatic heterocycles. The second-order valence-electron chi connectivity index (χ2n) is 4.50. The molecule has 1 rings (SSSR count). The monoisotopic (exact) mass is 239 g/mol. The van der Waals surface area contributed by atoms with Crippen molar-refractivity contribution in [3.8, 4) is 0 Å². The van der Waals surface area contributed by atoms with Crippen molar-refractivity contribution in [1.82, 2.24) is 10.6 Å². The van der Waals surface area contributed by atoms with E-state index in [2.05, 4.69) is 42.5 Å². The average Bonchev–Trinajstić information content (AvgIpc) is 2.30. The number of nitrogens with zero attached hydrogens (tertiary/aromatic N) is 1. The van der Waals surface area contributed by atoms with Crippen LogP contribution in [0.2, 0.25) is 0 Å². The van der Waals surface area contributed by atoms with Gasteiger partial charge in [0.1, 0.15) is 0 Å². The highest BCUT2D eigenvalue weighted by atomic mass is 16.5. The smallest absolute Gasteiger partial charge is 0.191 e. The molecule has 0 aromatic rings. The summed E-state index contributed by atoms with van der Waals surface area (Å²) in [5.74, 6) is 0.912. The van der Waals surface area contributed by atoms with Crippen molar-refractivity contribution in [2.45, 2.75) is 39.7 Å². The molecule has 4 nitrogen and oxygen atoms in total. The molecule has 0 spiro atoms. The first-order valence-electron chi connectivity index (χ1n) is 6.53. The summed E-state index contributed by atoms with van der Waals surface area (Å²) in [5, 5.41) is 6.56. The summed E-state index contributed by atoms with van der Waals surface area (Å²) in [6.07, 6.45) is 4.28. The SMILES string of the molecule is CCNC(=NCCC1=CCOCC1)NC(C)C. The van der Waals surface area contributed by atoms with Gasteiger partial charge in [0.2, 0.25) is 0 Å². The van der Waals surface area contributed by atoms with E-state index in [9.17, 15) is 0 Å². The van der Waals surface area contributed by atoms with Gasteiger partial charge in [0, 0.05) is 19.1 Å². The van der Waals surface area contributed by atoms with Gasteiger partial charge in [-0.1, -0.05) is 11.6 Å². The Morgan fingerprint density at radius 1 is 1.53 bits per heavy atom. The topological polar surface area (TPSA) is 45.7 Å². The van der Waals surface area contributed by atoms with Crippen LogP contribution in [0.1, 0.15) is 33.6 Å². The average molecular weight is 239 g/mol. The van der Waals surface area contributed by atoms with E-state index in [0.29, 0.717) is 6.04 Å². The van der Waals surface area contributed by atoms with Gasteiger partial charge in [0.15, 0.2) is 5.96 Å². The molecular weight excluding hydrogens is 214 g/mol. The minimum atomic E-state index is 0.412. The zero-order valence-corrected chi connectivity index (χ0v) is 11.3. The van der Waals surface area contributed by atoms with Crippen LogP contribution in [-0.2, 0) is 4.74 Å². The Kier molecular flexibility index (Phi) is 6.70. The standard InChI is InChI=1S/C13H25N3O/c1-4-14-13(16-11(2)3)15-8-5-12-6-9-17-10-7-12/h6,11H,4-5,7-10H2,1-3H3,(H2,14,15,16). The summed E-state index contributed by atoms with van der Waals surface area (Å²) in [6, 6.07) is 0.412. The van der Waals surface area contributed by atoms with Gasteiger partial charge in [0.25, 0.3) is 0 Å². The molecule has 0 aliphatic carbocycles. The second-order valence-corrected chi connectivity index (χ2v) is 4.50. The number of hydrogen-bond acceptors (Lipinski definition) is 2. The Morgan fingerprint density at radius 2 is 2.35 bits per heavy atom. The normalized spacial score (nSPS) is 16.9. The van der Waals surface area contributed by atoms with E-state index < -0.39 is 0 Å². The third-order valence-corrected chi connectivity index (χ3v) is 2.53. The van der Waals surface area contributed by atoms with Crippen molar-refractivity contribution in [2.75, 3.05) is 26.3 Å². The van der Waals surface area contributed by atoms with Gasteiger partial charge in [-0.3, -0.25) is 4.99 Å². The van der Waals surface area contributed by atoms with Gasteiger partial charge in [-0.25, -0.2) is 0 Å². The lowest BCUT2D eigenvalue weighted by Gasteiger charge is -2.15. The largest absolute Gasteiger partial charge is 0.377 e. The lowest BCUT2D eigenvalue weighted by Crippen LogP contribution is -2.41. The van der Waals surface area contributed by atoms with Crippen LogP contribution in [0.4, 0.5) is 0 Å². The van der Waals surface area contributed by atoms with Crippen molar-refractivity contribution in [2.24, 2.45) is 4.99 Å². The lowest BCUT2D eigenvalue weighted by atomic mass is 10.1. The molecule has 0 amide bonds. The first-order valence-corrected chi connectivity index (χ1v) is 6.53.